The largest absolute Gasteiger partial charge is 0.324 e. The van der Waals surface area contributed by atoms with Gasteiger partial charge in [0.2, 0.25) is 26.0 Å². The number of hydrogen-bond donors (Lipinski definition) is 1. The van der Waals surface area contributed by atoms with E-state index in [4.69, 9.17) is 0 Å². The lowest BCUT2D eigenvalue weighted by molar-refractivity contribution is -0.116. The van der Waals surface area contributed by atoms with Crippen molar-refractivity contribution in [1.82, 2.24) is 8.61 Å². The summed E-state index contributed by atoms with van der Waals surface area (Å²) < 4.78 is 50.8. The summed E-state index contributed by atoms with van der Waals surface area (Å²) in [6, 6.07) is 6.15. The number of carbonyl (C=O) groups is 1. The normalized spacial score (nSPS) is 16.8. The quantitative estimate of drug-likeness (QED) is 0.771. The molecule has 2 rings (SSSR count). The number of amides is 1. The number of piperidine rings is 1. The second kappa shape index (κ2) is 7.81. The van der Waals surface area contributed by atoms with E-state index < -0.39 is 32.5 Å². The number of rotatable bonds is 6. The molecule has 0 radical (unpaired) electrons. The number of anilines is 1. The maximum atomic E-state index is 12.8. The van der Waals surface area contributed by atoms with Crippen LogP contribution in [0.25, 0.3) is 0 Å². The van der Waals surface area contributed by atoms with Gasteiger partial charge in [0.05, 0.1) is 18.5 Å². The van der Waals surface area contributed by atoms with Gasteiger partial charge in [-0.25, -0.2) is 16.8 Å². The highest BCUT2D eigenvalue weighted by atomic mass is 32.2. The predicted molar refractivity (Wildman–Crippen MR) is 95.2 cm³/mol. The van der Waals surface area contributed by atoms with E-state index >= 15 is 0 Å². The lowest BCUT2D eigenvalue weighted by Crippen LogP contribution is -2.37. The smallest absolute Gasteiger partial charge is 0.245 e. The fourth-order valence-corrected chi connectivity index (χ4v) is 4.56. The summed E-state index contributed by atoms with van der Waals surface area (Å²) >= 11 is 0. The zero-order valence-corrected chi connectivity index (χ0v) is 15.9. The second-order valence-electron chi connectivity index (χ2n) is 6.03. The SMILES string of the molecule is CN(CC(=O)Nc1ccccc1S(=O)(=O)N1CCCCC1)S(C)(=O)=O. The first-order valence-electron chi connectivity index (χ1n) is 7.93. The van der Waals surface area contributed by atoms with Crippen molar-refractivity contribution in [2.45, 2.75) is 24.2 Å². The average molecular weight is 389 g/mol. The van der Waals surface area contributed by atoms with E-state index in [2.05, 4.69) is 5.32 Å². The zero-order chi connectivity index (χ0) is 18.7. The monoisotopic (exact) mass is 389 g/mol. The second-order valence-corrected chi connectivity index (χ2v) is 10.0. The van der Waals surface area contributed by atoms with Crippen LogP contribution < -0.4 is 5.32 Å². The minimum Gasteiger partial charge on any atom is -0.324 e. The lowest BCUT2D eigenvalue weighted by atomic mass is 10.2. The van der Waals surface area contributed by atoms with Crippen LogP contribution in [0.4, 0.5) is 5.69 Å². The Morgan fingerprint density at radius 3 is 2.32 bits per heavy atom. The van der Waals surface area contributed by atoms with E-state index in [9.17, 15) is 21.6 Å². The van der Waals surface area contributed by atoms with Gasteiger partial charge < -0.3 is 5.32 Å². The molecular weight excluding hydrogens is 366 g/mol. The molecule has 1 fully saturated rings. The summed E-state index contributed by atoms with van der Waals surface area (Å²) in [7, 11) is -5.93. The van der Waals surface area contributed by atoms with Gasteiger partial charge in [-0.3, -0.25) is 4.79 Å². The fraction of sp³-hybridized carbons (Fsp3) is 0.533. The van der Waals surface area contributed by atoms with Crippen LogP contribution in [0, 0.1) is 0 Å². The van der Waals surface area contributed by atoms with Crippen molar-refractivity contribution in [1.29, 1.82) is 0 Å². The van der Waals surface area contributed by atoms with Crippen LogP contribution in [0.2, 0.25) is 0 Å². The number of sulfonamides is 2. The molecule has 1 N–H and O–H groups in total. The summed E-state index contributed by atoms with van der Waals surface area (Å²) in [5, 5.41) is 2.51. The molecule has 8 nitrogen and oxygen atoms in total. The molecule has 10 heteroatoms. The Morgan fingerprint density at radius 1 is 1.12 bits per heavy atom. The number of carbonyl (C=O) groups excluding carboxylic acids is 1. The van der Waals surface area contributed by atoms with Crippen molar-refractivity contribution < 1.29 is 21.6 Å². The predicted octanol–water partition coefficient (Wildman–Crippen LogP) is 0.691. The van der Waals surface area contributed by atoms with Crippen LogP contribution in [0.5, 0.6) is 0 Å². The molecule has 0 saturated carbocycles. The summed E-state index contributed by atoms with van der Waals surface area (Å²) in [6.45, 7) is 0.528. The molecule has 0 aromatic heterocycles. The highest BCUT2D eigenvalue weighted by Crippen LogP contribution is 2.26. The molecule has 1 aliphatic rings. The van der Waals surface area contributed by atoms with Crippen LogP contribution in [-0.4, -0.2) is 64.3 Å². The minimum atomic E-state index is -3.71. The summed E-state index contributed by atoms with van der Waals surface area (Å²) in [4.78, 5) is 12.1. The van der Waals surface area contributed by atoms with E-state index in [0.29, 0.717) is 13.1 Å². The van der Waals surface area contributed by atoms with Crippen LogP contribution in [0.3, 0.4) is 0 Å². The third-order valence-electron chi connectivity index (χ3n) is 4.03. The van der Waals surface area contributed by atoms with Gasteiger partial charge in [-0.05, 0) is 25.0 Å². The molecular formula is C15H23N3O5S2. The van der Waals surface area contributed by atoms with Crippen LogP contribution >= 0.6 is 0 Å². The van der Waals surface area contributed by atoms with Crippen LogP contribution in [0.1, 0.15) is 19.3 Å². The average Bonchev–Trinajstić information content (AvgIpc) is 2.55. The number of benzene rings is 1. The van der Waals surface area contributed by atoms with Gasteiger partial charge in [0.1, 0.15) is 4.90 Å². The number of likely N-dealkylation sites (N-methyl/N-ethyl adjacent to an activating group) is 1. The topological polar surface area (TPSA) is 104 Å². The number of para-hydroxylation sites is 1. The number of nitrogens with one attached hydrogen (secondary N) is 1. The van der Waals surface area contributed by atoms with Gasteiger partial charge in [0.15, 0.2) is 0 Å². The molecule has 0 atom stereocenters. The van der Waals surface area contributed by atoms with Gasteiger partial charge in [-0.15, -0.1) is 0 Å². The van der Waals surface area contributed by atoms with Crippen molar-refractivity contribution in [2.75, 3.05) is 38.3 Å². The van der Waals surface area contributed by atoms with E-state index in [1.54, 1.807) is 12.1 Å². The van der Waals surface area contributed by atoms with Crippen LogP contribution in [-0.2, 0) is 24.8 Å². The summed E-state index contributed by atoms with van der Waals surface area (Å²) in [5.41, 5.74) is 0.153. The van der Waals surface area contributed by atoms with Crippen molar-refractivity contribution in [3.8, 4) is 0 Å². The molecule has 0 unspecified atom stereocenters. The summed E-state index contributed by atoms with van der Waals surface area (Å²) in [6.07, 6.45) is 3.62. The minimum absolute atomic E-state index is 0.0206. The van der Waals surface area contributed by atoms with E-state index in [1.807, 2.05) is 0 Å². The van der Waals surface area contributed by atoms with Gasteiger partial charge in [0, 0.05) is 20.1 Å². The van der Waals surface area contributed by atoms with Gasteiger partial charge in [-0.1, -0.05) is 18.6 Å². The number of hydrogen-bond acceptors (Lipinski definition) is 5. The van der Waals surface area contributed by atoms with E-state index in [-0.39, 0.29) is 10.6 Å². The first kappa shape index (κ1) is 19.8. The molecule has 1 aromatic rings. The maximum Gasteiger partial charge on any atom is 0.245 e. The Morgan fingerprint density at radius 2 is 1.72 bits per heavy atom. The Hall–Kier alpha value is -1.49. The fourth-order valence-electron chi connectivity index (χ4n) is 2.55. The van der Waals surface area contributed by atoms with Crippen molar-refractivity contribution >= 4 is 31.6 Å². The third-order valence-corrected chi connectivity index (χ3v) is 7.24. The first-order valence-corrected chi connectivity index (χ1v) is 11.2. The van der Waals surface area contributed by atoms with E-state index in [1.165, 1.54) is 23.5 Å². The molecule has 1 saturated heterocycles. The first-order chi connectivity index (χ1) is 11.6. The molecule has 1 aliphatic heterocycles. The standard InChI is InChI=1S/C15H23N3O5S2/c1-17(24(2,20)21)12-15(19)16-13-8-4-5-9-14(13)25(22,23)18-10-6-3-7-11-18/h4-5,8-9H,3,6-7,10-12H2,1-2H3,(H,16,19). The Labute approximate surface area is 148 Å². The highest BCUT2D eigenvalue weighted by Gasteiger charge is 2.28. The Balaban J connectivity index is 2.22. The molecule has 1 amide bonds. The maximum absolute atomic E-state index is 12.8. The highest BCUT2D eigenvalue weighted by molar-refractivity contribution is 7.89. The van der Waals surface area contributed by atoms with Crippen molar-refractivity contribution in [2.24, 2.45) is 0 Å². The van der Waals surface area contributed by atoms with Crippen molar-refractivity contribution in [3.63, 3.8) is 0 Å². The molecule has 1 aromatic carbocycles. The zero-order valence-electron chi connectivity index (χ0n) is 14.3. The lowest BCUT2D eigenvalue weighted by Gasteiger charge is -2.26. The van der Waals surface area contributed by atoms with Gasteiger partial charge in [-0.2, -0.15) is 8.61 Å². The van der Waals surface area contributed by atoms with E-state index in [0.717, 1.165) is 29.8 Å². The molecule has 0 bridgehead atoms. The van der Waals surface area contributed by atoms with Gasteiger partial charge in [0.25, 0.3) is 0 Å². The Kier molecular flexibility index (Phi) is 6.20. The third kappa shape index (κ3) is 5.00. The molecule has 140 valence electrons. The van der Waals surface area contributed by atoms with Crippen LogP contribution in [0.15, 0.2) is 29.2 Å². The number of nitrogens with zero attached hydrogens (tertiary/aromatic N) is 2. The van der Waals surface area contributed by atoms with Gasteiger partial charge >= 0.3 is 0 Å². The molecule has 0 aliphatic carbocycles. The summed E-state index contributed by atoms with van der Waals surface area (Å²) in [5.74, 6) is -0.603. The van der Waals surface area contributed by atoms with Crippen molar-refractivity contribution in [3.05, 3.63) is 24.3 Å². The molecule has 1 heterocycles. The molecule has 25 heavy (non-hydrogen) atoms. The molecule has 0 spiro atoms. The Bertz CT molecular complexity index is 830.